The molecular formula is C16H29N3O. The van der Waals surface area contributed by atoms with Crippen molar-refractivity contribution >= 4 is 5.91 Å². The number of piperidine rings is 2. The summed E-state index contributed by atoms with van der Waals surface area (Å²) in [6, 6.07) is 0.723. The van der Waals surface area contributed by atoms with Crippen LogP contribution in [0.4, 0.5) is 0 Å². The maximum Gasteiger partial charge on any atom is 0.226 e. The number of hydrogen-bond donors (Lipinski definition) is 0. The third-order valence-corrected chi connectivity index (χ3v) is 5.42. The van der Waals surface area contributed by atoms with Crippen LogP contribution in [0.15, 0.2) is 0 Å². The van der Waals surface area contributed by atoms with Crippen LogP contribution in [0, 0.1) is 5.92 Å². The average Bonchev–Trinajstić information content (AvgIpc) is 3.01. The molecule has 0 radical (unpaired) electrons. The summed E-state index contributed by atoms with van der Waals surface area (Å²) in [5.74, 6) is 0.724. The Bertz CT molecular complexity index is 333. The van der Waals surface area contributed by atoms with Crippen molar-refractivity contribution in [2.24, 2.45) is 5.92 Å². The molecular weight excluding hydrogens is 250 g/mol. The van der Waals surface area contributed by atoms with Crippen LogP contribution in [-0.4, -0.2) is 73.0 Å². The summed E-state index contributed by atoms with van der Waals surface area (Å²) >= 11 is 0. The summed E-state index contributed by atoms with van der Waals surface area (Å²) < 4.78 is 0. The van der Waals surface area contributed by atoms with E-state index in [1.807, 2.05) is 0 Å². The zero-order chi connectivity index (χ0) is 13.9. The maximum atomic E-state index is 12.6. The molecule has 3 heterocycles. The minimum Gasteiger partial charge on any atom is -0.342 e. The molecule has 0 aromatic rings. The lowest BCUT2D eigenvalue weighted by molar-refractivity contribution is -0.136. The Kier molecular flexibility index (Phi) is 4.61. The number of carbonyl (C=O) groups is 1. The Morgan fingerprint density at radius 3 is 2.30 bits per heavy atom. The normalized spacial score (nSPS) is 30.9. The van der Waals surface area contributed by atoms with Crippen molar-refractivity contribution in [3.63, 3.8) is 0 Å². The maximum absolute atomic E-state index is 12.6. The number of hydrogen-bond acceptors (Lipinski definition) is 3. The molecule has 3 saturated heterocycles. The molecule has 4 heteroatoms. The molecule has 1 amide bonds. The Morgan fingerprint density at radius 2 is 1.60 bits per heavy atom. The second-order valence-electron chi connectivity index (χ2n) is 6.90. The molecule has 4 nitrogen and oxygen atoms in total. The van der Waals surface area contributed by atoms with Crippen molar-refractivity contribution in [1.82, 2.24) is 14.7 Å². The van der Waals surface area contributed by atoms with Crippen LogP contribution >= 0.6 is 0 Å². The second-order valence-corrected chi connectivity index (χ2v) is 6.90. The molecule has 0 aliphatic carbocycles. The van der Waals surface area contributed by atoms with Gasteiger partial charge in [0.05, 0.1) is 5.92 Å². The van der Waals surface area contributed by atoms with Crippen molar-refractivity contribution < 1.29 is 4.79 Å². The minimum atomic E-state index is 0.279. The highest BCUT2D eigenvalue weighted by Crippen LogP contribution is 2.25. The van der Waals surface area contributed by atoms with Gasteiger partial charge in [-0.1, -0.05) is 0 Å². The number of nitrogens with zero attached hydrogens (tertiary/aromatic N) is 3. The molecule has 3 aliphatic rings. The Labute approximate surface area is 123 Å². The second kappa shape index (κ2) is 6.44. The largest absolute Gasteiger partial charge is 0.342 e. The Balaban J connectivity index is 1.54. The lowest BCUT2D eigenvalue weighted by Gasteiger charge is -2.41. The Morgan fingerprint density at radius 1 is 0.900 bits per heavy atom. The minimum absolute atomic E-state index is 0.279. The van der Waals surface area contributed by atoms with Gasteiger partial charge in [0.1, 0.15) is 0 Å². The van der Waals surface area contributed by atoms with Gasteiger partial charge in [-0.2, -0.15) is 0 Å². The van der Waals surface area contributed by atoms with Crippen LogP contribution in [0.25, 0.3) is 0 Å². The van der Waals surface area contributed by atoms with E-state index in [2.05, 4.69) is 21.7 Å². The zero-order valence-electron chi connectivity index (χ0n) is 12.9. The third-order valence-electron chi connectivity index (χ3n) is 5.42. The summed E-state index contributed by atoms with van der Waals surface area (Å²) in [7, 11) is 2.21. The first kappa shape index (κ1) is 14.3. The Hall–Kier alpha value is -0.610. The fourth-order valence-electron chi connectivity index (χ4n) is 4.10. The molecule has 114 valence electrons. The number of likely N-dealkylation sites (tertiary alicyclic amines) is 3. The van der Waals surface area contributed by atoms with Gasteiger partial charge in [0.25, 0.3) is 0 Å². The van der Waals surface area contributed by atoms with Gasteiger partial charge in [0.15, 0.2) is 0 Å². The van der Waals surface area contributed by atoms with Crippen molar-refractivity contribution in [2.75, 3.05) is 46.3 Å². The van der Waals surface area contributed by atoms with Crippen molar-refractivity contribution in [3.05, 3.63) is 0 Å². The SMILES string of the molecule is CN1CCC(N2CCC[C@@H](C(=O)N3CCCC3)C2)CC1. The molecule has 0 saturated carbocycles. The lowest BCUT2D eigenvalue weighted by atomic mass is 9.93. The van der Waals surface area contributed by atoms with E-state index >= 15 is 0 Å². The highest BCUT2D eigenvalue weighted by Gasteiger charge is 2.33. The molecule has 3 fully saturated rings. The lowest BCUT2D eigenvalue weighted by Crippen LogP contribution is -2.50. The first-order valence-electron chi connectivity index (χ1n) is 8.45. The molecule has 0 aromatic heterocycles. The smallest absolute Gasteiger partial charge is 0.226 e. The van der Waals surface area contributed by atoms with E-state index in [1.54, 1.807) is 0 Å². The molecule has 0 aromatic carbocycles. The van der Waals surface area contributed by atoms with Gasteiger partial charge in [0, 0.05) is 25.7 Å². The predicted molar refractivity (Wildman–Crippen MR) is 80.6 cm³/mol. The number of carbonyl (C=O) groups excluding carboxylic acids is 1. The topological polar surface area (TPSA) is 26.8 Å². The number of rotatable bonds is 2. The third kappa shape index (κ3) is 3.17. The molecule has 1 atom stereocenters. The van der Waals surface area contributed by atoms with Gasteiger partial charge in [0.2, 0.25) is 5.91 Å². The fraction of sp³-hybridized carbons (Fsp3) is 0.938. The first-order chi connectivity index (χ1) is 9.74. The van der Waals surface area contributed by atoms with Gasteiger partial charge in [-0.05, 0) is 65.2 Å². The van der Waals surface area contributed by atoms with Crippen LogP contribution < -0.4 is 0 Å². The van der Waals surface area contributed by atoms with E-state index in [1.165, 1.54) is 51.7 Å². The van der Waals surface area contributed by atoms with Gasteiger partial charge < -0.3 is 9.80 Å². The molecule has 0 N–H and O–H groups in total. The van der Waals surface area contributed by atoms with Crippen molar-refractivity contribution in [2.45, 2.75) is 44.6 Å². The van der Waals surface area contributed by atoms with Crippen molar-refractivity contribution in [1.29, 1.82) is 0 Å². The standard InChI is InChI=1S/C16H29N3O/c1-17-11-6-15(7-12-17)19-10-4-5-14(13-19)16(20)18-8-2-3-9-18/h14-15H,2-13H2,1H3/t14-/m1/s1. The van der Waals surface area contributed by atoms with E-state index in [4.69, 9.17) is 0 Å². The van der Waals surface area contributed by atoms with E-state index in [-0.39, 0.29) is 5.92 Å². The average molecular weight is 279 g/mol. The van der Waals surface area contributed by atoms with Crippen LogP contribution in [0.5, 0.6) is 0 Å². The summed E-state index contributed by atoms with van der Waals surface area (Å²) in [5.41, 5.74) is 0. The first-order valence-corrected chi connectivity index (χ1v) is 8.45. The molecule has 3 aliphatic heterocycles. The molecule has 0 spiro atoms. The van der Waals surface area contributed by atoms with Gasteiger partial charge in [-0.3, -0.25) is 9.69 Å². The summed E-state index contributed by atoms with van der Waals surface area (Å²) in [6.45, 7) is 6.66. The molecule has 3 rings (SSSR count). The number of amides is 1. The molecule has 0 bridgehead atoms. The van der Waals surface area contributed by atoms with E-state index < -0.39 is 0 Å². The zero-order valence-corrected chi connectivity index (χ0v) is 12.9. The molecule has 0 unspecified atom stereocenters. The van der Waals surface area contributed by atoms with Gasteiger partial charge in [-0.15, -0.1) is 0 Å². The quantitative estimate of drug-likeness (QED) is 0.765. The highest BCUT2D eigenvalue weighted by atomic mass is 16.2. The fourth-order valence-corrected chi connectivity index (χ4v) is 4.10. The molecule has 20 heavy (non-hydrogen) atoms. The van der Waals surface area contributed by atoms with Crippen molar-refractivity contribution in [3.8, 4) is 0 Å². The van der Waals surface area contributed by atoms with Gasteiger partial charge >= 0.3 is 0 Å². The summed E-state index contributed by atoms with van der Waals surface area (Å²) in [4.78, 5) is 19.7. The summed E-state index contributed by atoms with van der Waals surface area (Å²) in [5, 5.41) is 0. The predicted octanol–water partition coefficient (Wildman–Crippen LogP) is 1.41. The van der Waals surface area contributed by atoms with E-state index in [0.717, 1.165) is 32.1 Å². The van der Waals surface area contributed by atoms with Crippen LogP contribution in [0.1, 0.15) is 38.5 Å². The van der Waals surface area contributed by atoms with Crippen LogP contribution in [0.3, 0.4) is 0 Å². The summed E-state index contributed by atoms with van der Waals surface area (Å²) in [6.07, 6.45) is 7.28. The van der Waals surface area contributed by atoms with Crippen LogP contribution in [-0.2, 0) is 4.79 Å². The highest BCUT2D eigenvalue weighted by molar-refractivity contribution is 5.79. The van der Waals surface area contributed by atoms with Gasteiger partial charge in [-0.25, -0.2) is 0 Å². The monoisotopic (exact) mass is 279 g/mol. The van der Waals surface area contributed by atoms with Crippen LogP contribution in [0.2, 0.25) is 0 Å². The van der Waals surface area contributed by atoms with E-state index in [0.29, 0.717) is 5.91 Å². The van der Waals surface area contributed by atoms with E-state index in [9.17, 15) is 4.79 Å².